The standard InChI is InChI=1S/C23H18ClF2NO4S/c24-17-5-11-20(12-6-17)32-14-15-1-3-16(4-2-15)22(29)30-13-21(28)27-18-7-9-19(10-8-18)31-23(25)26/h1-12,23H,13-14H2,(H,27,28). The second-order valence-electron chi connectivity index (χ2n) is 6.47. The van der Waals surface area contributed by atoms with Crippen molar-refractivity contribution in [1.29, 1.82) is 0 Å². The van der Waals surface area contributed by atoms with Gasteiger partial charge in [-0.1, -0.05) is 23.7 Å². The van der Waals surface area contributed by atoms with Crippen LogP contribution in [0.2, 0.25) is 5.02 Å². The van der Waals surface area contributed by atoms with Crippen LogP contribution in [0.5, 0.6) is 5.75 Å². The summed E-state index contributed by atoms with van der Waals surface area (Å²) in [7, 11) is 0. The van der Waals surface area contributed by atoms with Gasteiger partial charge >= 0.3 is 12.6 Å². The summed E-state index contributed by atoms with van der Waals surface area (Å²) in [5, 5.41) is 3.19. The number of alkyl halides is 2. The Morgan fingerprint density at radius 3 is 2.22 bits per heavy atom. The number of benzene rings is 3. The fraction of sp³-hybridized carbons (Fsp3) is 0.130. The van der Waals surface area contributed by atoms with Crippen LogP contribution in [0, 0.1) is 0 Å². The van der Waals surface area contributed by atoms with E-state index >= 15 is 0 Å². The van der Waals surface area contributed by atoms with Crippen molar-refractivity contribution in [2.24, 2.45) is 0 Å². The van der Waals surface area contributed by atoms with Crippen LogP contribution in [-0.4, -0.2) is 25.1 Å². The average Bonchev–Trinajstić information content (AvgIpc) is 2.78. The van der Waals surface area contributed by atoms with Gasteiger partial charge in [0.2, 0.25) is 0 Å². The molecule has 9 heteroatoms. The molecular weight excluding hydrogens is 460 g/mol. The Hall–Kier alpha value is -3.10. The van der Waals surface area contributed by atoms with Crippen molar-refractivity contribution in [2.75, 3.05) is 11.9 Å². The van der Waals surface area contributed by atoms with Gasteiger partial charge in [-0.05, 0) is 66.2 Å². The number of carbonyl (C=O) groups excluding carboxylic acids is 2. The van der Waals surface area contributed by atoms with Crippen LogP contribution in [0.15, 0.2) is 77.7 Å². The first-order chi connectivity index (χ1) is 15.4. The van der Waals surface area contributed by atoms with Gasteiger partial charge in [0.05, 0.1) is 5.56 Å². The van der Waals surface area contributed by atoms with Gasteiger partial charge < -0.3 is 14.8 Å². The number of anilines is 1. The fourth-order valence-electron chi connectivity index (χ4n) is 2.57. The Morgan fingerprint density at radius 1 is 0.938 bits per heavy atom. The lowest BCUT2D eigenvalue weighted by atomic mass is 10.1. The summed E-state index contributed by atoms with van der Waals surface area (Å²) < 4.78 is 33.5. The molecule has 3 rings (SSSR count). The monoisotopic (exact) mass is 477 g/mol. The SMILES string of the molecule is O=C(COC(=O)c1ccc(CSc2ccc(Cl)cc2)cc1)Nc1ccc(OC(F)F)cc1. The van der Waals surface area contributed by atoms with Crippen molar-refractivity contribution < 1.29 is 27.8 Å². The van der Waals surface area contributed by atoms with E-state index < -0.39 is 25.1 Å². The predicted molar refractivity (Wildman–Crippen MR) is 119 cm³/mol. The molecule has 3 aromatic rings. The summed E-state index contributed by atoms with van der Waals surface area (Å²) in [6.07, 6.45) is 0. The van der Waals surface area contributed by atoms with Crippen LogP contribution >= 0.6 is 23.4 Å². The first kappa shape index (κ1) is 23.6. The lowest BCUT2D eigenvalue weighted by molar-refractivity contribution is -0.119. The number of hydrogen-bond donors (Lipinski definition) is 1. The van der Waals surface area contributed by atoms with E-state index in [1.54, 1.807) is 23.9 Å². The van der Waals surface area contributed by atoms with E-state index in [4.69, 9.17) is 16.3 Å². The number of rotatable bonds is 9. The molecule has 0 fully saturated rings. The van der Waals surface area contributed by atoms with E-state index in [1.807, 2.05) is 36.4 Å². The number of thioether (sulfide) groups is 1. The van der Waals surface area contributed by atoms with Crippen molar-refractivity contribution in [3.63, 3.8) is 0 Å². The summed E-state index contributed by atoms with van der Waals surface area (Å²) in [4.78, 5) is 25.2. The highest BCUT2D eigenvalue weighted by molar-refractivity contribution is 7.98. The third kappa shape index (κ3) is 7.55. The van der Waals surface area contributed by atoms with E-state index in [9.17, 15) is 18.4 Å². The molecule has 0 aliphatic carbocycles. The van der Waals surface area contributed by atoms with Crippen molar-refractivity contribution in [1.82, 2.24) is 0 Å². The third-order valence-corrected chi connectivity index (χ3v) is 5.44. The number of esters is 1. The zero-order valence-corrected chi connectivity index (χ0v) is 18.2. The Morgan fingerprint density at radius 2 is 1.59 bits per heavy atom. The van der Waals surface area contributed by atoms with E-state index in [-0.39, 0.29) is 5.75 Å². The van der Waals surface area contributed by atoms with E-state index in [1.165, 1.54) is 24.3 Å². The van der Waals surface area contributed by atoms with Crippen molar-refractivity contribution in [2.45, 2.75) is 17.3 Å². The number of hydrogen-bond acceptors (Lipinski definition) is 5. The minimum absolute atomic E-state index is 0.0283. The van der Waals surface area contributed by atoms with Crippen LogP contribution in [0.4, 0.5) is 14.5 Å². The number of amides is 1. The van der Waals surface area contributed by atoms with Crippen molar-refractivity contribution in [3.05, 3.63) is 88.9 Å². The van der Waals surface area contributed by atoms with Gasteiger partial charge in [0.15, 0.2) is 6.61 Å². The van der Waals surface area contributed by atoms with E-state index in [0.29, 0.717) is 16.3 Å². The lowest BCUT2D eigenvalue weighted by Crippen LogP contribution is -2.20. The highest BCUT2D eigenvalue weighted by Gasteiger charge is 2.11. The van der Waals surface area contributed by atoms with Gasteiger partial charge in [-0.2, -0.15) is 8.78 Å². The maximum Gasteiger partial charge on any atom is 0.387 e. The largest absolute Gasteiger partial charge is 0.452 e. The minimum atomic E-state index is -2.92. The van der Waals surface area contributed by atoms with Gasteiger partial charge in [-0.15, -0.1) is 11.8 Å². The summed E-state index contributed by atoms with van der Waals surface area (Å²) in [5.41, 5.74) is 1.71. The number of ether oxygens (including phenoxy) is 2. The number of halogens is 3. The van der Waals surface area contributed by atoms with Gasteiger partial charge in [0.1, 0.15) is 5.75 Å². The van der Waals surface area contributed by atoms with E-state index in [0.717, 1.165) is 16.2 Å². The van der Waals surface area contributed by atoms with Crippen LogP contribution in [0.1, 0.15) is 15.9 Å². The molecule has 0 spiro atoms. The minimum Gasteiger partial charge on any atom is -0.452 e. The summed E-state index contributed by atoms with van der Waals surface area (Å²) in [6.45, 7) is -3.41. The molecule has 3 aromatic carbocycles. The van der Waals surface area contributed by atoms with Crippen LogP contribution in [0.25, 0.3) is 0 Å². The van der Waals surface area contributed by atoms with Crippen molar-refractivity contribution >= 4 is 40.9 Å². The second kappa shape index (κ2) is 11.5. The molecule has 0 atom stereocenters. The quantitative estimate of drug-likeness (QED) is 0.301. The molecule has 0 aromatic heterocycles. The van der Waals surface area contributed by atoms with Crippen LogP contribution in [-0.2, 0) is 15.3 Å². The summed E-state index contributed by atoms with van der Waals surface area (Å²) in [6, 6.07) is 19.8. The Kier molecular flexibility index (Phi) is 8.47. The molecule has 1 amide bonds. The molecular formula is C23H18ClF2NO4S. The zero-order chi connectivity index (χ0) is 22.9. The number of nitrogens with one attached hydrogen (secondary N) is 1. The fourth-order valence-corrected chi connectivity index (χ4v) is 3.55. The molecule has 0 aliphatic rings. The van der Waals surface area contributed by atoms with E-state index in [2.05, 4.69) is 10.1 Å². The highest BCUT2D eigenvalue weighted by atomic mass is 35.5. The Labute approximate surface area is 192 Å². The van der Waals surface area contributed by atoms with Crippen LogP contribution in [0.3, 0.4) is 0 Å². The predicted octanol–water partition coefficient (Wildman–Crippen LogP) is 6.03. The molecule has 5 nitrogen and oxygen atoms in total. The molecule has 0 radical (unpaired) electrons. The smallest absolute Gasteiger partial charge is 0.387 e. The molecule has 0 aliphatic heterocycles. The lowest BCUT2D eigenvalue weighted by Gasteiger charge is -2.08. The summed E-state index contributed by atoms with van der Waals surface area (Å²) >= 11 is 7.52. The third-order valence-electron chi connectivity index (χ3n) is 4.11. The first-order valence-corrected chi connectivity index (χ1v) is 10.7. The molecule has 0 heterocycles. The Balaban J connectivity index is 1.43. The van der Waals surface area contributed by atoms with Gasteiger partial charge in [-0.3, -0.25) is 4.79 Å². The molecule has 0 unspecified atom stereocenters. The first-order valence-electron chi connectivity index (χ1n) is 9.38. The molecule has 0 saturated carbocycles. The zero-order valence-electron chi connectivity index (χ0n) is 16.6. The molecule has 0 bridgehead atoms. The molecule has 32 heavy (non-hydrogen) atoms. The Bertz CT molecular complexity index is 1050. The van der Waals surface area contributed by atoms with Gasteiger partial charge in [0.25, 0.3) is 5.91 Å². The average molecular weight is 478 g/mol. The van der Waals surface area contributed by atoms with Gasteiger partial charge in [0, 0.05) is 21.4 Å². The summed E-state index contributed by atoms with van der Waals surface area (Å²) in [5.74, 6) is -0.491. The molecule has 1 N–H and O–H groups in total. The molecule has 0 saturated heterocycles. The highest BCUT2D eigenvalue weighted by Crippen LogP contribution is 2.24. The maximum absolute atomic E-state index is 12.2. The topological polar surface area (TPSA) is 64.6 Å². The second-order valence-corrected chi connectivity index (χ2v) is 7.95. The van der Waals surface area contributed by atoms with Gasteiger partial charge in [-0.25, -0.2) is 4.79 Å². The maximum atomic E-state index is 12.2. The van der Waals surface area contributed by atoms with Crippen LogP contribution < -0.4 is 10.1 Å². The molecule has 166 valence electrons. The van der Waals surface area contributed by atoms with Crippen molar-refractivity contribution in [3.8, 4) is 5.75 Å². The number of carbonyl (C=O) groups is 2. The normalized spacial score (nSPS) is 10.6.